The maximum absolute atomic E-state index is 13.4. The number of halogens is 1. The van der Waals surface area contributed by atoms with Gasteiger partial charge in [0.1, 0.15) is 11.6 Å². The standard InChI is InChI=1S/C23H25FN4O2/c1-30-22-13-19(24)7-4-17(22)14-28-12-2-3-18(15-28)23(29)26-20-8-5-16(6-9-20)21-10-11-25-27-21/h4-11,13,18H,2-3,12,14-15H2,1H3,(H,25,27)(H,26,29). The van der Waals surface area contributed by atoms with Crippen molar-refractivity contribution in [2.45, 2.75) is 19.4 Å². The summed E-state index contributed by atoms with van der Waals surface area (Å²) < 4.78 is 18.7. The number of ether oxygens (including phenoxy) is 1. The van der Waals surface area contributed by atoms with Gasteiger partial charge < -0.3 is 10.1 Å². The van der Waals surface area contributed by atoms with Gasteiger partial charge in [-0.1, -0.05) is 18.2 Å². The minimum atomic E-state index is -0.315. The van der Waals surface area contributed by atoms with Crippen LogP contribution in [0.4, 0.5) is 10.1 Å². The van der Waals surface area contributed by atoms with Crippen LogP contribution in [0.1, 0.15) is 18.4 Å². The number of aromatic nitrogens is 2. The Balaban J connectivity index is 1.36. The molecule has 156 valence electrons. The highest BCUT2D eigenvalue weighted by Crippen LogP contribution is 2.25. The largest absolute Gasteiger partial charge is 0.496 e. The monoisotopic (exact) mass is 408 g/mol. The highest BCUT2D eigenvalue weighted by atomic mass is 19.1. The molecule has 1 aliphatic heterocycles. The van der Waals surface area contributed by atoms with Gasteiger partial charge in [0.2, 0.25) is 5.91 Å². The average molecular weight is 408 g/mol. The molecule has 3 aromatic rings. The number of amides is 1. The molecule has 30 heavy (non-hydrogen) atoms. The molecule has 1 aromatic heterocycles. The molecule has 0 aliphatic carbocycles. The minimum Gasteiger partial charge on any atom is -0.496 e. The number of hydrogen-bond acceptors (Lipinski definition) is 4. The van der Waals surface area contributed by atoms with Crippen LogP contribution in [0, 0.1) is 11.7 Å². The quantitative estimate of drug-likeness (QED) is 0.645. The Hall–Kier alpha value is -3.19. The highest BCUT2D eigenvalue weighted by Gasteiger charge is 2.26. The predicted molar refractivity (Wildman–Crippen MR) is 114 cm³/mol. The van der Waals surface area contributed by atoms with Crippen molar-refractivity contribution in [1.82, 2.24) is 15.1 Å². The zero-order chi connectivity index (χ0) is 20.9. The third-order valence-electron chi connectivity index (χ3n) is 5.48. The molecule has 1 atom stereocenters. The molecule has 6 nitrogen and oxygen atoms in total. The van der Waals surface area contributed by atoms with Crippen molar-refractivity contribution in [2.24, 2.45) is 5.92 Å². The van der Waals surface area contributed by atoms with E-state index in [0.29, 0.717) is 18.8 Å². The first-order valence-electron chi connectivity index (χ1n) is 10.1. The lowest BCUT2D eigenvalue weighted by Crippen LogP contribution is -2.40. The van der Waals surface area contributed by atoms with E-state index in [-0.39, 0.29) is 17.6 Å². The van der Waals surface area contributed by atoms with Crippen LogP contribution in [-0.2, 0) is 11.3 Å². The summed E-state index contributed by atoms with van der Waals surface area (Å²) in [4.78, 5) is 15.0. The van der Waals surface area contributed by atoms with Crippen molar-refractivity contribution >= 4 is 11.6 Å². The van der Waals surface area contributed by atoms with Crippen LogP contribution >= 0.6 is 0 Å². The number of nitrogens with one attached hydrogen (secondary N) is 2. The average Bonchev–Trinajstić information content (AvgIpc) is 3.30. The fraction of sp³-hybridized carbons (Fsp3) is 0.304. The summed E-state index contributed by atoms with van der Waals surface area (Å²) >= 11 is 0. The molecular formula is C23H25FN4O2. The van der Waals surface area contributed by atoms with Crippen molar-refractivity contribution in [3.8, 4) is 17.0 Å². The molecule has 1 saturated heterocycles. The fourth-order valence-electron chi connectivity index (χ4n) is 3.90. The maximum Gasteiger partial charge on any atom is 0.228 e. The number of likely N-dealkylation sites (tertiary alicyclic amines) is 1. The fourth-order valence-corrected chi connectivity index (χ4v) is 3.90. The first kappa shape index (κ1) is 20.1. The Bertz CT molecular complexity index is 989. The molecule has 2 heterocycles. The van der Waals surface area contributed by atoms with Crippen molar-refractivity contribution < 1.29 is 13.9 Å². The second-order valence-corrected chi connectivity index (χ2v) is 7.57. The zero-order valence-electron chi connectivity index (χ0n) is 16.9. The van der Waals surface area contributed by atoms with E-state index in [0.717, 1.165) is 41.9 Å². The van der Waals surface area contributed by atoms with Crippen molar-refractivity contribution in [3.63, 3.8) is 0 Å². The Kier molecular flexibility index (Phi) is 6.09. The Labute approximate surface area is 175 Å². The van der Waals surface area contributed by atoms with E-state index < -0.39 is 0 Å². The van der Waals surface area contributed by atoms with Crippen LogP contribution in [0.15, 0.2) is 54.7 Å². The molecule has 4 rings (SSSR count). The smallest absolute Gasteiger partial charge is 0.228 e. The number of benzene rings is 2. The molecular weight excluding hydrogens is 383 g/mol. The summed E-state index contributed by atoms with van der Waals surface area (Å²) in [6, 6.07) is 14.2. The van der Waals surface area contributed by atoms with E-state index in [1.165, 1.54) is 12.1 Å². The molecule has 7 heteroatoms. The van der Waals surface area contributed by atoms with E-state index in [2.05, 4.69) is 20.4 Å². The lowest BCUT2D eigenvalue weighted by Gasteiger charge is -2.32. The number of aromatic amines is 1. The molecule has 0 saturated carbocycles. The van der Waals surface area contributed by atoms with Crippen molar-refractivity contribution in [3.05, 3.63) is 66.1 Å². The molecule has 1 aliphatic rings. The van der Waals surface area contributed by atoms with Crippen LogP contribution in [0.25, 0.3) is 11.3 Å². The predicted octanol–water partition coefficient (Wildman–Crippen LogP) is 4.08. The van der Waals surface area contributed by atoms with Gasteiger partial charge in [-0.25, -0.2) is 4.39 Å². The lowest BCUT2D eigenvalue weighted by atomic mass is 9.96. The van der Waals surface area contributed by atoms with Gasteiger partial charge >= 0.3 is 0 Å². The second kappa shape index (κ2) is 9.09. The van der Waals surface area contributed by atoms with Gasteiger partial charge in [0, 0.05) is 36.6 Å². The summed E-state index contributed by atoms with van der Waals surface area (Å²) in [5, 5.41) is 9.92. The van der Waals surface area contributed by atoms with Gasteiger partial charge in [0.05, 0.1) is 18.7 Å². The first-order valence-corrected chi connectivity index (χ1v) is 10.1. The van der Waals surface area contributed by atoms with Gasteiger partial charge in [0.25, 0.3) is 0 Å². The molecule has 0 radical (unpaired) electrons. The number of hydrogen-bond donors (Lipinski definition) is 2. The molecule has 0 spiro atoms. The number of methoxy groups -OCH3 is 1. The third kappa shape index (κ3) is 4.68. The molecule has 1 fully saturated rings. The number of carbonyl (C=O) groups excluding carboxylic acids is 1. The molecule has 2 N–H and O–H groups in total. The Morgan fingerprint density at radius 1 is 1.27 bits per heavy atom. The SMILES string of the molecule is COc1cc(F)ccc1CN1CCCC(C(=O)Nc2ccc(-c3ccn[nH]3)cc2)C1. The maximum atomic E-state index is 13.4. The van der Waals surface area contributed by atoms with Crippen LogP contribution in [0.3, 0.4) is 0 Å². The summed E-state index contributed by atoms with van der Waals surface area (Å²) in [5.74, 6) is 0.168. The number of nitrogens with zero attached hydrogens (tertiary/aromatic N) is 2. The summed E-state index contributed by atoms with van der Waals surface area (Å²) in [5.41, 5.74) is 3.66. The van der Waals surface area contributed by atoms with Gasteiger partial charge in [-0.2, -0.15) is 5.10 Å². The van der Waals surface area contributed by atoms with E-state index in [1.54, 1.807) is 19.4 Å². The van der Waals surface area contributed by atoms with Gasteiger partial charge in [-0.15, -0.1) is 0 Å². The van der Waals surface area contributed by atoms with Gasteiger partial charge in [0.15, 0.2) is 0 Å². The van der Waals surface area contributed by atoms with Crippen molar-refractivity contribution in [2.75, 3.05) is 25.5 Å². The summed E-state index contributed by atoms with van der Waals surface area (Å²) in [6.45, 7) is 2.20. The first-order chi connectivity index (χ1) is 14.6. The molecule has 0 bridgehead atoms. The second-order valence-electron chi connectivity index (χ2n) is 7.57. The van der Waals surface area contributed by atoms with E-state index >= 15 is 0 Å². The number of carbonyl (C=O) groups is 1. The van der Waals surface area contributed by atoms with Gasteiger partial charge in [-0.05, 0) is 49.2 Å². The number of anilines is 1. The van der Waals surface area contributed by atoms with Gasteiger partial charge in [-0.3, -0.25) is 14.8 Å². The van der Waals surface area contributed by atoms with E-state index in [4.69, 9.17) is 4.74 Å². The molecule has 2 aromatic carbocycles. The van der Waals surface area contributed by atoms with Crippen molar-refractivity contribution in [1.29, 1.82) is 0 Å². The van der Waals surface area contributed by atoms with Crippen LogP contribution in [0.5, 0.6) is 5.75 Å². The molecule has 1 unspecified atom stereocenters. The van der Waals surface area contributed by atoms with Crippen LogP contribution < -0.4 is 10.1 Å². The lowest BCUT2D eigenvalue weighted by molar-refractivity contribution is -0.121. The Morgan fingerprint density at radius 2 is 2.10 bits per heavy atom. The minimum absolute atomic E-state index is 0.0278. The highest BCUT2D eigenvalue weighted by molar-refractivity contribution is 5.93. The number of rotatable bonds is 6. The Morgan fingerprint density at radius 3 is 2.83 bits per heavy atom. The van der Waals surface area contributed by atoms with E-state index in [9.17, 15) is 9.18 Å². The third-order valence-corrected chi connectivity index (χ3v) is 5.48. The molecule has 1 amide bonds. The zero-order valence-corrected chi connectivity index (χ0v) is 16.9. The number of piperidine rings is 1. The number of H-pyrrole nitrogens is 1. The van der Waals surface area contributed by atoms with E-state index in [1.807, 2.05) is 30.3 Å². The summed E-state index contributed by atoms with van der Waals surface area (Å²) in [6.07, 6.45) is 3.51. The topological polar surface area (TPSA) is 70.2 Å². The normalized spacial score (nSPS) is 16.9. The summed E-state index contributed by atoms with van der Waals surface area (Å²) in [7, 11) is 1.54. The van der Waals surface area contributed by atoms with Crippen LogP contribution in [-0.4, -0.2) is 41.2 Å². The van der Waals surface area contributed by atoms with Crippen LogP contribution in [0.2, 0.25) is 0 Å².